The normalized spacial score (nSPS) is 16.0. The van der Waals surface area contributed by atoms with Gasteiger partial charge in [-0.1, -0.05) is 23.2 Å². The van der Waals surface area contributed by atoms with Crippen molar-refractivity contribution in [3.8, 4) is 0 Å². The van der Waals surface area contributed by atoms with Crippen LogP contribution >= 0.6 is 23.2 Å². The first kappa shape index (κ1) is 17.0. The summed E-state index contributed by atoms with van der Waals surface area (Å²) >= 11 is 12.1. The third kappa shape index (κ3) is 3.54. The van der Waals surface area contributed by atoms with Crippen LogP contribution in [0.4, 0.5) is 0 Å². The fraction of sp³-hybridized carbons (Fsp3) is 0.571. The van der Waals surface area contributed by atoms with Gasteiger partial charge in [-0.05, 0) is 44.7 Å². The summed E-state index contributed by atoms with van der Waals surface area (Å²) in [6.07, 6.45) is 2.13. The van der Waals surface area contributed by atoms with Gasteiger partial charge in [0.05, 0.1) is 11.6 Å². The van der Waals surface area contributed by atoms with Gasteiger partial charge in [0.25, 0.3) is 0 Å². The minimum atomic E-state index is -3.70. The third-order valence-corrected chi connectivity index (χ3v) is 6.59. The second kappa shape index (κ2) is 6.42. The van der Waals surface area contributed by atoms with Crippen LogP contribution in [0.5, 0.6) is 0 Å². The third-order valence-electron chi connectivity index (χ3n) is 3.61. The van der Waals surface area contributed by atoms with Crippen LogP contribution in [0.15, 0.2) is 17.0 Å². The topological polar surface area (TPSA) is 57.6 Å². The van der Waals surface area contributed by atoms with Gasteiger partial charge in [-0.3, -0.25) is 0 Å². The van der Waals surface area contributed by atoms with Crippen molar-refractivity contribution in [2.24, 2.45) is 5.92 Å². The van der Waals surface area contributed by atoms with E-state index in [-0.39, 0.29) is 26.5 Å². The van der Waals surface area contributed by atoms with Crippen LogP contribution < -0.4 is 0 Å². The number of aliphatic hydroxyl groups excluding tert-OH is 1. The second-order valence-corrected chi connectivity index (χ2v) is 8.25. The maximum atomic E-state index is 12.9. The van der Waals surface area contributed by atoms with Crippen molar-refractivity contribution in [2.45, 2.75) is 44.2 Å². The van der Waals surface area contributed by atoms with Crippen LogP contribution in [0.2, 0.25) is 10.0 Å². The van der Waals surface area contributed by atoms with Crippen molar-refractivity contribution in [3.63, 3.8) is 0 Å². The molecule has 0 saturated heterocycles. The highest BCUT2D eigenvalue weighted by atomic mass is 35.5. The van der Waals surface area contributed by atoms with Crippen LogP contribution in [0.1, 0.15) is 32.3 Å². The Morgan fingerprint density at radius 3 is 2.43 bits per heavy atom. The molecular weight excluding hydrogens is 333 g/mol. The number of nitrogens with zero attached hydrogens (tertiary/aromatic N) is 1. The van der Waals surface area contributed by atoms with Crippen molar-refractivity contribution in [2.75, 3.05) is 6.54 Å². The lowest BCUT2D eigenvalue weighted by Gasteiger charge is -2.26. The molecule has 1 aromatic carbocycles. The van der Waals surface area contributed by atoms with E-state index in [1.165, 1.54) is 16.4 Å². The number of rotatable bonds is 6. The number of benzene rings is 1. The molecule has 0 heterocycles. The van der Waals surface area contributed by atoms with E-state index in [1.807, 2.05) is 13.8 Å². The highest BCUT2D eigenvalue weighted by Crippen LogP contribution is 2.36. The van der Waals surface area contributed by atoms with Crippen molar-refractivity contribution < 1.29 is 13.5 Å². The summed E-state index contributed by atoms with van der Waals surface area (Å²) in [6, 6.07) is 2.71. The molecule has 1 fully saturated rings. The van der Waals surface area contributed by atoms with Gasteiger partial charge in [-0.15, -0.1) is 0 Å². The Bertz CT molecular complexity index is 627. The predicted octanol–water partition coefficient (Wildman–Crippen LogP) is 3.29. The Morgan fingerprint density at radius 2 is 1.95 bits per heavy atom. The van der Waals surface area contributed by atoms with Gasteiger partial charge in [0, 0.05) is 23.2 Å². The van der Waals surface area contributed by atoms with Crippen LogP contribution in [0, 0.1) is 5.92 Å². The zero-order valence-electron chi connectivity index (χ0n) is 12.0. The fourth-order valence-electron chi connectivity index (χ4n) is 2.19. The molecule has 0 aromatic heterocycles. The Morgan fingerprint density at radius 1 is 1.33 bits per heavy atom. The zero-order chi connectivity index (χ0) is 15.8. The van der Waals surface area contributed by atoms with E-state index in [0.717, 1.165) is 12.8 Å². The van der Waals surface area contributed by atoms with Crippen LogP contribution in [-0.4, -0.2) is 30.4 Å². The van der Waals surface area contributed by atoms with Crippen LogP contribution in [-0.2, 0) is 16.6 Å². The Kier molecular flexibility index (Phi) is 5.21. The minimum Gasteiger partial charge on any atom is -0.392 e. The van der Waals surface area contributed by atoms with Crippen molar-refractivity contribution in [1.82, 2.24) is 4.31 Å². The van der Waals surface area contributed by atoms with Gasteiger partial charge in [0.1, 0.15) is 4.90 Å². The first-order valence-electron chi connectivity index (χ1n) is 6.88. The van der Waals surface area contributed by atoms with Gasteiger partial charge >= 0.3 is 0 Å². The highest BCUT2D eigenvalue weighted by Gasteiger charge is 2.35. The van der Waals surface area contributed by atoms with Gasteiger partial charge in [-0.25, -0.2) is 8.42 Å². The lowest BCUT2D eigenvalue weighted by Crippen LogP contribution is -2.38. The fourth-order valence-corrected chi connectivity index (χ4v) is 4.78. The van der Waals surface area contributed by atoms with Gasteiger partial charge in [0.15, 0.2) is 0 Å². The summed E-state index contributed by atoms with van der Waals surface area (Å²) in [6.45, 7) is 3.80. The number of hydrogen-bond acceptors (Lipinski definition) is 3. The van der Waals surface area contributed by atoms with Gasteiger partial charge < -0.3 is 5.11 Å². The number of halogens is 2. The molecule has 118 valence electrons. The SMILES string of the molecule is CC(C)N(CC1CC1)S(=O)(=O)c1ccc(Cl)c(CO)c1Cl. The first-order chi connectivity index (χ1) is 9.78. The number of sulfonamides is 1. The summed E-state index contributed by atoms with van der Waals surface area (Å²) in [5.41, 5.74) is 0.245. The molecule has 0 atom stereocenters. The summed E-state index contributed by atoms with van der Waals surface area (Å²) in [5, 5.41) is 9.58. The molecule has 7 heteroatoms. The molecule has 1 aliphatic rings. The summed E-state index contributed by atoms with van der Waals surface area (Å²) in [7, 11) is -3.70. The molecule has 21 heavy (non-hydrogen) atoms. The molecule has 1 N–H and O–H groups in total. The van der Waals surface area contributed by atoms with E-state index in [9.17, 15) is 13.5 Å². The lowest BCUT2D eigenvalue weighted by molar-refractivity contribution is 0.281. The van der Waals surface area contributed by atoms with Crippen molar-refractivity contribution in [1.29, 1.82) is 0 Å². The Balaban J connectivity index is 2.46. The summed E-state index contributed by atoms with van der Waals surface area (Å²) in [4.78, 5) is 0.00645. The summed E-state index contributed by atoms with van der Waals surface area (Å²) in [5.74, 6) is 0.436. The van der Waals surface area contributed by atoms with E-state index in [4.69, 9.17) is 23.2 Å². The van der Waals surface area contributed by atoms with Gasteiger partial charge in [0.2, 0.25) is 10.0 Å². The second-order valence-electron chi connectivity index (χ2n) is 5.61. The largest absolute Gasteiger partial charge is 0.392 e. The molecule has 1 aromatic rings. The molecular formula is C14H19Cl2NO3S. The molecule has 0 amide bonds. The monoisotopic (exact) mass is 351 g/mol. The van der Waals surface area contributed by atoms with Crippen molar-refractivity contribution >= 4 is 33.2 Å². The zero-order valence-corrected chi connectivity index (χ0v) is 14.3. The smallest absolute Gasteiger partial charge is 0.244 e. The van der Waals surface area contributed by atoms with Gasteiger partial charge in [-0.2, -0.15) is 4.31 Å². The number of aliphatic hydroxyl groups is 1. The lowest BCUT2D eigenvalue weighted by atomic mass is 10.2. The molecule has 0 radical (unpaired) electrons. The molecule has 1 saturated carbocycles. The molecule has 2 rings (SSSR count). The van der Waals surface area contributed by atoms with Crippen LogP contribution in [0.3, 0.4) is 0 Å². The Hall–Kier alpha value is -0.330. The van der Waals surface area contributed by atoms with E-state index in [0.29, 0.717) is 12.5 Å². The molecule has 4 nitrogen and oxygen atoms in total. The predicted molar refractivity (Wildman–Crippen MR) is 84.1 cm³/mol. The minimum absolute atomic E-state index is 0.00597. The Labute approximate surface area is 135 Å². The highest BCUT2D eigenvalue weighted by molar-refractivity contribution is 7.89. The molecule has 0 aliphatic heterocycles. The molecule has 1 aliphatic carbocycles. The van der Waals surface area contributed by atoms with E-state index < -0.39 is 16.6 Å². The molecule has 0 unspecified atom stereocenters. The van der Waals surface area contributed by atoms with E-state index >= 15 is 0 Å². The first-order valence-corrected chi connectivity index (χ1v) is 9.08. The molecule has 0 spiro atoms. The quantitative estimate of drug-likeness (QED) is 0.855. The number of hydrogen-bond donors (Lipinski definition) is 1. The van der Waals surface area contributed by atoms with E-state index in [1.54, 1.807) is 0 Å². The summed E-state index contributed by atoms with van der Waals surface area (Å²) < 4.78 is 27.2. The average molecular weight is 352 g/mol. The van der Waals surface area contributed by atoms with Crippen LogP contribution in [0.25, 0.3) is 0 Å². The maximum absolute atomic E-state index is 12.9. The average Bonchev–Trinajstić information content (AvgIpc) is 3.19. The molecule has 0 bridgehead atoms. The standard InChI is InChI=1S/C14H19Cl2NO3S/c1-9(2)17(7-10-3-4-10)21(19,20)13-6-5-12(15)11(8-18)14(13)16/h5-6,9-10,18H,3-4,7-8H2,1-2H3. The van der Waals surface area contributed by atoms with Crippen molar-refractivity contribution in [3.05, 3.63) is 27.7 Å². The maximum Gasteiger partial charge on any atom is 0.244 e. The van der Waals surface area contributed by atoms with E-state index in [2.05, 4.69) is 0 Å².